The lowest BCUT2D eigenvalue weighted by molar-refractivity contribution is 0.417. The maximum Gasteiger partial charge on any atom is 0.244 e. The van der Waals surface area contributed by atoms with Crippen molar-refractivity contribution < 1.29 is 4.74 Å². The highest BCUT2D eigenvalue weighted by molar-refractivity contribution is 6.31. The molecule has 2 aromatic rings. The molecule has 0 bridgehead atoms. The third-order valence-corrected chi connectivity index (χ3v) is 3.91. The molecule has 0 amide bonds. The summed E-state index contributed by atoms with van der Waals surface area (Å²) in [5.41, 5.74) is 0.738. The van der Waals surface area contributed by atoms with E-state index in [0.717, 1.165) is 18.5 Å². The topological polar surface area (TPSA) is 72.0 Å². The van der Waals surface area contributed by atoms with Crippen LogP contribution in [0.5, 0.6) is 5.75 Å². The lowest BCUT2D eigenvalue weighted by Gasteiger charge is -2.13. The van der Waals surface area contributed by atoms with Gasteiger partial charge in [0.15, 0.2) is 5.82 Å². The Hall–Kier alpha value is -2.08. The number of methoxy groups -OCH3 is 1. The highest BCUT2D eigenvalue weighted by Crippen LogP contribution is 2.30. The van der Waals surface area contributed by atoms with Crippen molar-refractivity contribution in [2.45, 2.75) is 31.7 Å². The van der Waals surface area contributed by atoms with E-state index in [1.807, 2.05) is 0 Å². The highest BCUT2D eigenvalue weighted by atomic mass is 35.5. The van der Waals surface area contributed by atoms with Gasteiger partial charge in [-0.1, -0.05) is 24.4 Å². The summed E-state index contributed by atoms with van der Waals surface area (Å²) in [6.07, 6.45) is 6.39. The van der Waals surface area contributed by atoms with Crippen molar-refractivity contribution in [3.8, 4) is 5.75 Å². The molecule has 6 nitrogen and oxygen atoms in total. The number of anilines is 3. The van der Waals surface area contributed by atoms with E-state index in [-0.39, 0.29) is 0 Å². The Morgan fingerprint density at radius 1 is 1.27 bits per heavy atom. The first kappa shape index (κ1) is 14.8. The third kappa shape index (κ3) is 3.57. The average Bonchev–Trinajstić information content (AvgIpc) is 3.01. The quantitative estimate of drug-likeness (QED) is 0.876. The van der Waals surface area contributed by atoms with Gasteiger partial charge >= 0.3 is 0 Å². The lowest BCUT2D eigenvalue weighted by atomic mass is 10.2. The molecule has 1 saturated carbocycles. The molecule has 1 aliphatic rings. The van der Waals surface area contributed by atoms with Crippen LogP contribution in [0, 0.1) is 0 Å². The van der Waals surface area contributed by atoms with E-state index in [2.05, 4.69) is 25.8 Å². The number of halogens is 1. The number of ether oxygens (including phenoxy) is 1. The first-order valence-corrected chi connectivity index (χ1v) is 7.69. The van der Waals surface area contributed by atoms with E-state index < -0.39 is 0 Å². The van der Waals surface area contributed by atoms with Crippen LogP contribution in [0.15, 0.2) is 24.4 Å². The van der Waals surface area contributed by atoms with Crippen molar-refractivity contribution >= 4 is 29.1 Å². The fraction of sp³-hybridized carbons (Fsp3) is 0.400. The second-order valence-electron chi connectivity index (χ2n) is 5.26. The summed E-state index contributed by atoms with van der Waals surface area (Å²) < 4.78 is 5.31. The summed E-state index contributed by atoms with van der Waals surface area (Å²) in [5.74, 6) is 1.82. The van der Waals surface area contributed by atoms with Gasteiger partial charge in [-0.05, 0) is 31.0 Å². The second kappa shape index (κ2) is 6.79. The molecule has 1 fully saturated rings. The Morgan fingerprint density at radius 2 is 2.09 bits per heavy atom. The third-order valence-electron chi connectivity index (χ3n) is 3.67. The number of nitrogens with one attached hydrogen (secondary N) is 2. The minimum absolute atomic E-state index is 0.442. The fourth-order valence-electron chi connectivity index (χ4n) is 2.59. The molecule has 22 heavy (non-hydrogen) atoms. The van der Waals surface area contributed by atoms with E-state index in [4.69, 9.17) is 16.3 Å². The van der Waals surface area contributed by atoms with E-state index >= 15 is 0 Å². The van der Waals surface area contributed by atoms with Gasteiger partial charge in [0.2, 0.25) is 5.95 Å². The summed E-state index contributed by atoms with van der Waals surface area (Å²) in [7, 11) is 1.61. The highest BCUT2D eigenvalue weighted by Gasteiger charge is 2.16. The van der Waals surface area contributed by atoms with Crippen molar-refractivity contribution in [3.63, 3.8) is 0 Å². The van der Waals surface area contributed by atoms with Crippen LogP contribution < -0.4 is 15.4 Å². The standard InChI is InChI=1S/C15H18ClN5O/c1-22-13-7-6-10(16)8-12(13)19-14-9-17-21-15(20-14)18-11-4-2-3-5-11/h6-9,11H,2-5H2,1H3,(H2,18,19,20,21). The average molecular weight is 320 g/mol. The predicted octanol–water partition coefficient (Wildman–Crippen LogP) is 3.63. The molecule has 0 aliphatic heterocycles. The molecule has 116 valence electrons. The second-order valence-corrected chi connectivity index (χ2v) is 5.70. The molecule has 1 heterocycles. The first-order valence-electron chi connectivity index (χ1n) is 7.31. The molecule has 1 aromatic carbocycles. The molecule has 0 radical (unpaired) electrons. The van der Waals surface area contributed by atoms with E-state index in [1.165, 1.54) is 12.8 Å². The van der Waals surface area contributed by atoms with Crippen LogP contribution in [-0.4, -0.2) is 28.3 Å². The van der Waals surface area contributed by atoms with E-state index in [1.54, 1.807) is 31.5 Å². The number of rotatable bonds is 5. The van der Waals surface area contributed by atoms with Gasteiger partial charge in [-0.2, -0.15) is 10.1 Å². The zero-order valence-electron chi connectivity index (χ0n) is 12.3. The number of hydrogen-bond acceptors (Lipinski definition) is 6. The van der Waals surface area contributed by atoms with Gasteiger partial charge in [0.05, 0.1) is 19.0 Å². The van der Waals surface area contributed by atoms with Crippen molar-refractivity contribution in [3.05, 3.63) is 29.4 Å². The fourth-order valence-corrected chi connectivity index (χ4v) is 2.77. The molecule has 0 atom stereocenters. The van der Waals surface area contributed by atoms with Gasteiger partial charge in [-0.25, -0.2) is 0 Å². The van der Waals surface area contributed by atoms with Crippen LogP contribution in [0.1, 0.15) is 25.7 Å². The van der Waals surface area contributed by atoms with Gasteiger partial charge in [0, 0.05) is 11.1 Å². The summed E-state index contributed by atoms with van der Waals surface area (Å²) in [4.78, 5) is 4.44. The van der Waals surface area contributed by atoms with Crippen molar-refractivity contribution in [2.24, 2.45) is 0 Å². The van der Waals surface area contributed by atoms with Crippen LogP contribution in [0.25, 0.3) is 0 Å². The van der Waals surface area contributed by atoms with Crippen LogP contribution in [-0.2, 0) is 0 Å². The Balaban J connectivity index is 1.76. The van der Waals surface area contributed by atoms with Crippen LogP contribution in [0.3, 0.4) is 0 Å². The predicted molar refractivity (Wildman–Crippen MR) is 87.0 cm³/mol. The van der Waals surface area contributed by atoms with Crippen molar-refractivity contribution in [2.75, 3.05) is 17.7 Å². The SMILES string of the molecule is COc1ccc(Cl)cc1Nc1cnnc(NC2CCCC2)n1. The molecule has 0 spiro atoms. The normalized spacial score (nSPS) is 14.8. The Morgan fingerprint density at radius 3 is 2.86 bits per heavy atom. The van der Waals surface area contributed by atoms with Gasteiger partial charge in [0.1, 0.15) is 5.75 Å². The first-order chi connectivity index (χ1) is 10.7. The minimum Gasteiger partial charge on any atom is -0.495 e. The molecule has 1 aromatic heterocycles. The number of benzene rings is 1. The van der Waals surface area contributed by atoms with Crippen LogP contribution in [0.2, 0.25) is 5.02 Å². The monoisotopic (exact) mass is 319 g/mol. The van der Waals surface area contributed by atoms with Crippen LogP contribution in [0.4, 0.5) is 17.5 Å². The maximum absolute atomic E-state index is 6.03. The largest absolute Gasteiger partial charge is 0.495 e. The Labute approximate surface area is 134 Å². The molecular weight excluding hydrogens is 302 g/mol. The van der Waals surface area contributed by atoms with E-state index in [0.29, 0.717) is 28.6 Å². The zero-order valence-corrected chi connectivity index (χ0v) is 13.1. The summed E-state index contributed by atoms with van der Waals surface area (Å²) in [5, 5.41) is 15.1. The molecule has 2 N–H and O–H groups in total. The van der Waals surface area contributed by atoms with Gasteiger partial charge in [0.25, 0.3) is 0 Å². The Kier molecular flexibility index (Phi) is 4.58. The molecular formula is C15H18ClN5O. The molecule has 1 aliphatic carbocycles. The lowest BCUT2D eigenvalue weighted by Crippen LogP contribution is -2.17. The van der Waals surface area contributed by atoms with Gasteiger partial charge in [-0.15, -0.1) is 5.10 Å². The molecule has 0 unspecified atom stereocenters. The van der Waals surface area contributed by atoms with Crippen molar-refractivity contribution in [1.82, 2.24) is 15.2 Å². The Bertz CT molecular complexity index is 646. The summed E-state index contributed by atoms with van der Waals surface area (Å²) >= 11 is 6.03. The van der Waals surface area contributed by atoms with Gasteiger partial charge < -0.3 is 15.4 Å². The summed E-state index contributed by atoms with van der Waals surface area (Å²) in [6.45, 7) is 0. The number of aromatic nitrogens is 3. The van der Waals surface area contributed by atoms with Crippen LogP contribution >= 0.6 is 11.6 Å². The summed E-state index contributed by atoms with van der Waals surface area (Å²) in [6, 6.07) is 5.80. The number of nitrogens with zero attached hydrogens (tertiary/aromatic N) is 3. The number of hydrogen-bond donors (Lipinski definition) is 2. The minimum atomic E-state index is 0.442. The molecule has 3 rings (SSSR count). The van der Waals surface area contributed by atoms with E-state index in [9.17, 15) is 0 Å². The molecule has 0 saturated heterocycles. The zero-order chi connectivity index (χ0) is 15.4. The maximum atomic E-state index is 6.03. The molecule has 7 heteroatoms. The van der Waals surface area contributed by atoms with Crippen molar-refractivity contribution in [1.29, 1.82) is 0 Å². The smallest absolute Gasteiger partial charge is 0.244 e. The van der Waals surface area contributed by atoms with Gasteiger partial charge in [-0.3, -0.25) is 0 Å².